The molecule has 0 radical (unpaired) electrons. The minimum absolute atomic E-state index is 0.0865. The number of nitrogens with zero attached hydrogens (tertiary/aromatic N) is 4. The summed E-state index contributed by atoms with van der Waals surface area (Å²) in [7, 11) is 1.62. The van der Waals surface area contributed by atoms with Gasteiger partial charge in [-0.05, 0) is 45.0 Å². The fraction of sp³-hybridized carbons (Fsp3) is 0.409. The highest BCUT2D eigenvalue weighted by atomic mass is 16.6. The van der Waals surface area contributed by atoms with Crippen LogP contribution in [0, 0.1) is 5.92 Å². The first kappa shape index (κ1) is 20.8. The number of rotatable bonds is 6. The normalized spacial score (nSPS) is 18.6. The molecule has 9 heteroatoms. The van der Waals surface area contributed by atoms with Crippen LogP contribution in [0.15, 0.2) is 36.7 Å². The van der Waals surface area contributed by atoms with E-state index < -0.39 is 17.6 Å². The molecule has 1 saturated heterocycles. The van der Waals surface area contributed by atoms with E-state index in [0.717, 1.165) is 17.0 Å². The zero-order valence-electron chi connectivity index (χ0n) is 18.0. The van der Waals surface area contributed by atoms with Crippen LogP contribution in [0.5, 0.6) is 5.75 Å². The second-order valence-electron chi connectivity index (χ2n) is 8.35. The lowest BCUT2D eigenvalue weighted by atomic mass is 9.94. The molecule has 0 aliphatic carbocycles. The molecule has 2 aromatic heterocycles. The Balaban J connectivity index is 1.45. The van der Waals surface area contributed by atoms with E-state index in [4.69, 9.17) is 9.47 Å². The van der Waals surface area contributed by atoms with E-state index in [2.05, 4.69) is 20.4 Å². The molecular weight excluding hydrogens is 398 g/mol. The zero-order chi connectivity index (χ0) is 22.2. The Morgan fingerprint density at radius 1 is 1.35 bits per heavy atom. The number of esters is 1. The molecule has 0 bridgehead atoms. The van der Waals surface area contributed by atoms with Crippen molar-refractivity contribution < 1.29 is 19.1 Å². The van der Waals surface area contributed by atoms with Crippen molar-refractivity contribution in [2.45, 2.75) is 45.3 Å². The van der Waals surface area contributed by atoms with Crippen molar-refractivity contribution in [3.8, 4) is 17.0 Å². The Hall–Kier alpha value is -3.49. The number of methoxy groups -OCH3 is 1. The zero-order valence-corrected chi connectivity index (χ0v) is 18.0. The van der Waals surface area contributed by atoms with Gasteiger partial charge in [-0.25, -0.2) is 14.5 Å². The van der Waals surface area contributed by atoms with Gasteiger partial charge < -0.3 is 14.8 Å². The Morgan fingerprint density at radius 3 is 2.74 bits per heavy atom. The van der Waals surface area contributed by atoms with Gasteiger partial charge in [0.15, 0.2) is 11.5 Å². The predicted molar refractivity (Wildman–Crippen MR) is 112 cm³/mol. The lowest BCUT2D eigenvalue weighted by Gasteiger charge is -2.14. The molecule has 0 spiro atoms. The Bertz CT molecular complexity index is 1120. The van der Waals surface area contributed by atoms with E-state index >= 15 is 0 Å². The molecular formula is C22H25N5O4. The molecule has 162 valence electrons. The molecule has 3 aromatic rings. The number of amides is 1. The number of carbonyl (C=O) groups is 2. The first-order valence-electron chi connectivity index (χ1n) is 10.1. The van der Waals surface area contributed by atoms with Crippen LogP contribution >= 0.6 is 0 Å². The number of hydrogen-bond donors (Lipinski definition) is 1. The quantitative estimate of drug-likeness (QED) is 0.607. The summed E-state index contributed by atoms with van der Waals surface area (Å²) in [5.74, 6) is 0.260. The summed E-state index contributed by atoms with van der Waals surface area (Å²) in [4.78, 5) is 33.4. The van der Waals surface area contributed by atoms with Gasteiger partial charge in [-0.1, -0.05) is 0 Å². The fourth-order valence-electron chi connectivity index (χ4n) is 3.73. The van der Waals surface area contributed by atoms with E-state index in [1.54, 1.807) is 24.9 Å². The lowest BCUT2D eigenvalue weighted by molar-refractivity contribution is -0.149. The maximum absolute atomic E-state index is 12.4. The first-order chi connectivity index (χ1) is 14.7. The average Bonchev–Trinajstić information content (AvgIpc) is 3.27. The number of fused-ring (bicyclic) bond motifs is 1. The third-order valence-corrected chi connectivity index (χ3v) is 5.28. The van der Waals surface area contributed by atoms with Crippen molar-refractivity contribution in [3.05, 3.63) is 42.5 Å². The van der Waals surface area contributed by atoms with Crippen LogP contribution in [-0.4, -0.2) is 44.2 Å². The highest BCUT2D eigenvalue weighted by Gasteiger charge is 2.41. The van der Waals surface area contributed by atoms with Crippen molar-refractivity contribution >= 4 is 17.5 Å². The van der Waals surface area contributed by atoms with E-state index in [-0.39, 0.29) is 18.3 Å². The standard InChI is InChI=1S/C22H25N5O4/c1-13(24-19(28)9-15-11-22(2,3)31-21(15)29)20-25-18-10-17(23-12-27(18)26-20)14-5-7-16(30-4)8-6-14/h5-8,10,12-13,15H,9,11H2,1-4H3,(H,24,28)/t13-,15?/m0/s1. The van der Waals surface area contributed by atoms with Crippen molar-refractivity contribution in [1.29, 1.82) is 0 Å². The summed E-state index contributed by atoms with van der Waals surface area (Å²) < 4.78 is 12.1. The average molecular weight is 423 g/mol. The van der Waals surface area contributed by atoms with Crippen molar-refractivity contribution in [3.63, 3.8) is 0 Å². The van der Waals surface area contributed by atoms with Gasteiger partial charge >= 0.3 is 5.97 Å². The largest absolute Gasteiger partial charge is 0.497 e. The molecule has 1 amide bonds. The summed E-state index contributed by atoms with van der Waals surface area (Å²) in [6.45, 7) is 5.50. The van der Waals surface area contributed by atoms with Crippen LogP contribution < -0.4 is 10.1 Å². The molecule has 31 heavy (non-hydrogen) atoms. The maximum Gasteiger partial charge on any atom is 0.310 e. The summed E-state index contributed by atoms with van der Waals surface area (Å²) >= 11 is 0. The highest BCUT2D eigenvalue weighted by Crippen LogP contribution is 2.32. The third kappa shape index (κ3) is 4.50. The Morgan fingerprint density at radius 2 is 2.10 bits per heavy atom. The minimum atomic E-state index is -0.522. The van der Waals surface area contributed by atoms with Crippen LogP contribution in [0.4, 0.5) is 0 Å². The highest BCUT2D eigenvalue weighted by molar-refractivity contribution is 5.84. The molecule has 2 atom stereocenters. The van der Waals surface area contributed by atoms with Crippen LogP contribution in [0.25, 0.3) is 16.9 Å². The molecule has 9 nitrogen and oxygen atoms in total. The topological polar surface area (TPSA) is 108 Å². The number of cyclic esters (lactones) is 1. The Kier molecular flexibility index (Phi) is 5.34. The summed E-state index contributed by atoms with van der Waals surface area (Å²) in [6.07, 6.45) is 2.21. The van der Waals surface area contributed by atoms with E-state index in [1.807, 2.05) is 44.2 Å². The van der Waals surface area contributed by atoms with Crippen molar-refractivity contribution in [2.24, 2.45) is 5.92 Å². The second-order valence-corrected chi connectivity index (χ2v) is 8.35. The van der Waals surface area contributed by atoms with Crippen LogP contribution in [0.1, 0.15) is 45.5 Å². The van der Waals surface area contributed by atoms with Gasteiger partial charge in [0.25, 0.3) is 0 Å². The molecule has 1 fully saturated rings. The first-order valence-corrected chi connectivity index (χ1v) is 10.1. The fourth-order valence-corrected chi connectivity index (χ4v) is 3.73. The van der Waals surface area contributed by atoms with Crippen molar-refractivity contribution in [1.82, 2.24) is 24.9 Å². The smallest absolute Gasteiger partial charge is 0.310 e. The molecule has 3 heterocycles. The van der Waals surface area contributed by atoms with Gasteiger partial charge in [-0.3, -0.25) is 9.59 Å². The summed E-state index contributed by atoms with van der Waals surface area (Å²) in [5.41, 5.74) is 1.79. The molecule has 0 saturated carbocycles. The van der Waals surface area contributed by atoms with Crippen LogP contribution in [0.2, 0.25) is 0 Å². The third-order valence-electron chi connectivity index (χ3n) is 5.28. The van der Waals surface area contributed by atoms with Crippen LogP contribution in [-0.2, 0) is 14.3 Å². The van der Waals surface area contributed by atoms with E-state index in [1.165, 1.54) is 0 Å². The number of nitrogens with one attached hydrogen (secondary N) is 1. The van der Waals surface area contributed by atoms with Gasteiger partial charge in [0.2, 0.25) is 5.91 Å². The summed E-state index contributed by atoms with van der Waals surface area (Å²) in [6, 6.07) is 9.01. The maximum atomic E-state index is 12.4. The minimum Gasteiger partial charge on any atom is -0.497 e. The number of hydrogen-bond acceptors (Lipinski definition) is 7. The lowest BCUT2D eigenvalue weighted by Crippen LogP contribution is -2.30. The van der Waals surface area contributed by atoms with Crippen molar-refractivity contribution in [2.75, 3.05) is 7.11 Å². The number of ether oxygens (including phenoxy) is 2. The molecule has 1 aliphatic heterocycles. The van der Waals surface area contributed by atoms with Gasteiger partial charge in [0.1, 0.15) is 17.7 Å². The molecule has 1 aromatic carbocycles. The van der Waals surface area contributed by atoms with E-state index in [9.17, 15) is 9.59 Å². The van der Waals surface area contributed by atoms with Gasteiger partial charge in [-0.15, -0.1) is 5.10 Å². The molecule has 1 unspecified atom stereocenters. The monoisotopic (exact) mass is 423 g/mol. The van der Waals surface area contributed by atoms with Gasteiger partial charge in [0.05, 0.1) is 24.8 Å². The van der Waals surface area contributed by atoms with Crippen LogP contribution in [0.3, 0.4) is 0 Å². The Labute approximate surface area is 179 Å². The predicted octanol–water partition coefficient (Wildman–Crippen LogP) is 2.71. The molecule has 4 rings (SSSR count). The van der Waals surface area contributed by atoms with Gasteiger partial charge in [0, 0.05) is 24.5 Å². The SMILES string of the molecule is COc1ccc(-c2cc3nc([C@H](C)NC(=O)CC4CC(C)(C)OC4=O)nn3cn2)cc1. The molecule has 1 N–H and O–H groups in total. The second kappa shape index (κ2) is 7.98. The number of carbonyl (C=O) groups excluding carboxylic acids is 2. The summed E-state index contributed by atoms with van der Waals surface area (Å²) in [5, 5.41) is 7.29. The van der Waals surface area contributed by atoms with Gasteiger partial charge in [-0.2, -0.15) is 0 Å². The number of benzene rings is 1. The number of aromatic nitrogens is 4. The molecule has 1 aliphatic rings. The van der Waals surface area contributed by atoms with E-state index in [0.29, 0.717) is 17.9 Å².